The third kappa shape index (κ3) is 3.35. The first-order valence-electron chi connectivity index (χ1n) is 5.28. The molecule has 1 heterocycles. The molecule has 0 spiro atoms. The van der Waals surface area contributed by atoms with Gasteiger partial charge in [-0.15, -0.1) is 0 Å². The van der Waals surface area contributed by atoms with Crippen molar-refractivity contribution in [2.24, 2.45) is 0 Å². The largest absolute Gasteiger partial charge is 0.373 e. The van der Waals surface area contributed by atoms with E-state index in [0.29, 0.717) is 6.10 Å². The predicted molar refractivity (Wildman–Crippen MR) is 59.1 cm³/mol. The second-order valence-electron chi connectivity index (χ2n) is 3.70. The van der Waals surface area contributed by atoms with Gasteiger partial charge in [-0.05, 0) is 24.8 Å². The fraction of sp³-hybridized carbons (Fsp3) is 0.385. The van der Waals surface area contributed by atoms with Crippen LogP contribution in [0.4, 0.5) is 0 Å². The van der Waals surface area contributed by atoms with Crippen LogP contribution in [0.25, 0.3) is 6.08 Å². The van der Waals surface area contributed by atoms with Crippen molar-refractivity contribution in [3.8, 4) is 0 Å². The Labute approximate surface area is 85.4 Å². The van der Waals surface area contributed by atoms with Gasteiger partial charge in [-0.2, -0.15) is 0 Å². The molecule has 0 bridgehead atoms. The van der Waals surface area contributed by atoms with Gasteiger partial charge in [-0.3, -0.25) is 0 Å². The van der Waals surface area contributed by atoms with E-state index < -0.39 is 0 Å². The normalized spacial score (nSPS) is 20.1. The number of ether oxygens (including phenoxy) is 1. The first-order chi connectivity index (χ1) is 6.95. The zero-order valence-corrected chi connectivity index (χ0v) is 8.36. The van der Waals surface area contributed by atoms with Crippen LogP contribution in [0.5, 0.6) is 0 Å². The number of rotatable bonds is 5. The average molecular weight is 188 g/mol. The van der Waals surface area contributed by atoms with E-state index in [1.165, 1.54) is 18.4 Å². The van der Waals surface area contributed by atoms with Crippen molar-refractivity contribution in [1.29, 1.82) is 0 Å². The van der Waals surface area contributed by atoms with Crippen molar-refractivity contribution < 1.29 is 4.74 Å². The molecule has 0 radical (unpaired) electrons. The van der Waals surface area contributed by atoms with Crippen LogP contribution in [0.15, 0.2) is 36.4 Å². The first-order valence-corrected chi connectivity index (χ1v) is 5.28. The maximum absolute atomic E-state index is 5.15. The molecule has 0 aliphatic carbocycles. The molecule has 2 rings (SSSR count). The molecule has 74 valence electrons. The van der Waals surface area contributed by atoms with Crippen LogP contribution in [-0.2, 0) is 4.74 Å². The molecule has 1 atom stereocenters. The molecule has 1 aromatic rings. The summed E-state index contributed by atoms with van der Waals surface area (Å²) in [6.45, 7) is 0.988. The molecular formula is C13H16O. The molecule has 0 aromatic heterocycles. The Kier molecular flexibility index (Phi) is 3.36. The van der Waals surface area contributed by atoms with Crippen molar-refractivity contribution in [2.75, 3.05) is 6.61 Å². The van der Waals surface area contributed by atoms with Gasteiger partial charge in [0.05, 0.1) is 12.7 Å². The molecule has 1 aliphatic rings. The molecule has 1 aromatic carbocycles. The van der Waals surface area contributed by atoms with E-state index in [2.05, 4.69) is 36.4 Å². The molecule has 1 saturated heterocycles. The Morgan fingerprint density at radius 1 is 1.29 bits per heavy atom. The predicted octanol–water partition coefficient (Wildman–Crippen LogP) is 3.27. The molecule has 0 saturated carbocycles. The Morgan fingerprint density at radius 2 is 2.07 bits per heavy atom. The summed E-state index contributed by atoms with van der Waals surface area (Å²) in [6.07, 6.45) is 8.65. The van der Waals surface area contributed by atoms with Gasteiger partial charge in [-0.25, -0.2) is 0 Å². The number of epoxide rings is 1. The lowest BCUT2D eigenvalue weighted by molar-refractivity contribution is 0.392. The van der Waals surface area contributed by atoms with Crippen LogP contribution in [-0.4, -0.2) is 12.7 Å². The molecule has 1 aliphatic heterocycles. The van der Waals surface area contributed by atoms with Crippen LogP contribution < -0.4 is 0 Å². The Hall–Kier alpha value is -1.08. The lowest BCUT2D eigenvalue weighted by Gasteiger charge is -1.93. The van der Waals surface area contributed by atoms with Gasteiger partial charge in [0, 0.05) is 0 Å². The monoisotopic (exact) mass is 188 g/mol. The molecule has 1 heteroatoms. The van der Waals surface area contributed by atoms with Gasteiger partial charge < -0.3 is 4.74 Å². The van der Waals surface area contributed by atoms with E-state index in [9.17, 15) is 0 Å². The van der Waals surface area contributed by atoms with Gasteiger partial charge in [0.25, 0.3) is 0 Å². The summed E-state index contributed by atoms with van der Waals surface area (Å²) in [4.78, 5) is 0. The molecule has 1 nitrogen and oxygen atoms in total. The van der Waals surface area contributed by atoms with Crippen molar-refractivity contribution in [3.63, 3.8) is 0 Å². The summed E-state index contributed by atoms with van der Waals surface area (Å²) in [5.74, 6) is 0. The van der Waals surface area contributed by atoms with E-state index in [0.717, 1.165) is 13.0 Å². The highest BCUT2D eigenvalue weighted by molar-refractivity contribution is 5.48. The number of unbranched alkanes of at least 4 members (excludes halogenated alkanes) is 1. The Balaban J connectivity index is 1.66. The number of benzene rings is 1. The van der Waals surface area contributed by atoms with E-state index in [4.69, 9.17) is 4.74 Å². The van der Waals surface area contributed by atoms with Gasteiger partial charge >= 0.3 is 0 Å². The highest BCUT2D eigenvalue weighted by Crippen LogP contribution is 2.16. The van der Waals surface area contributed by atoms with Crippen LogP contribution >= 0.6 is 0 Å². The number of allylic oxidation sites excluding steroid dienone is 1. The average Bonchev–Trinajstić information content (AvgIpc) is 3.03. The topological polar surface area (TPSA) is 12.5 Å². The minimum Gasteiger partial charge on any atom is -0.373 e. The molecule has 1 fully saturated rings. The zero-order chi connectivity index (χ0) is 9.64. The molecule has 14 heavy (non-hydrogen) atoms. The van der Waals surface area contributed by atoms with Crippen molar-refractivity contribution in [3.05, 3.63) is 42.0 Å². The standard InChI is InChI=1S/C13H16O/c1-3-7-12(8-4-1)9-5-2-6-10-13-11-14-13/h1,3-5,7-9,13H,2,6,10-11H2/b9-5+. The lowest BCUT2D eigenvalue weighted by Crippen LogP contribution is -1.82. The van der Waals surface area contributed by atoms with Crippen molar-refractivity contribution in [2.45, 2.75) is 25.4 Å². The van der Waals surface area contributed by atoms with E-state index in [-0.39, 0.29) is 0 Å². The maximum Gasteiger partial charge on any atom is 0.0810 e. The summed E-state index contributed by atoms with van der Waals surface area (Å²) in [5.41, 5.74) is 1.29. The molecule has 0 amide bonds. The zero-order valence-electron chi connectivity index (χ0n) is 8.36. The Morgan fingerprint density at radius 3 is 2.79 bits per heavy atom. The van der Waals surface area contributed by atoms with Gasteiger partial charge in [-0.1, -0.05) is 42.5 Å². The quantitative estimate of drug-likeness (QED) is 0.510. The highest BCUT2D eigenvalue weighted by Gasteiger charge is 2.20. The van der Waals surface area contributed by atoms with Crippen LogP contribution in [0, 0.1) is 0 Å². The Bertz CT molecular complexity index is 285. The highest BCUT2D eigenvalue weighted by atomic mass is 16.6. The van der Waals surface area contributed by atoms with Crippen LogP contribution in [0.2, 0.25) is 0 Å². The number of hydrogen-bond acceptors (Lipinski definition) is 1. The summed E-state index contributed by atoms with van der Waals surface area (Å²) >= 11 is 0. The summed E-state index contributed by atoms with van der Waals surface area (Å²) in [7, 11) is 0. The summed E-state index contributed by atoms with van der Waals surface area (Å²) in [6, 6.07) is 10.4. The van der Waals surface area contributed by atoms with Crippen LogP contribution in [0.1, 0.15) is 24.8 Å². The molecule has 0 N–H and O–H groups in total. The van der Waals surface area contributed by atoms with E-state index in [1.54, 1.807) is 0 Å². The van der Waals surface area contributed by atoms with Gasteiger partial charge in [0.2, 0.25) is 0 Å². The number of hydrogen-bond donors (Lipinski definition) is 0. The van der Waals surface area contributed by atoms with Gasteiger partial charge in [0.1, 0.15) is 0 Å². The SMILES string of the molecule is C(=C\c1ccccc1)/CCCC1CO1. The molecular weight excluding hydrogens is 172 g/mol. The fourth-order valence-corrected chi connectivity index (χ4v) is 1.48. The maximum atomic E-state index is 5.15. The smallest absolute Gasteiger partial charge is 0.0810 e. The van der Waals surface area contributed by atoms with Gasteiger partial charge in [0.15, 0.2) is 0 Å². The first kappa shape index (κ1) is 9.47. The summed E-state index contributed by atoms with van der Waals surface area (Å²) in [5, 5.41) is 0. The molecule has 1 unspecified atom stereocenters. The second kappa shape index (κ2) is 4.97. The minimum absolute atomic E-state index is 0.583. The third-order valence-corrected chi connectivity index (χ3v) is 2.41. The van der Waals surface area contributed by atoms with Crippen molar-refractivity contribution in [1.82, 2.24) is 0 Å². The minimum atomic E-state index is 0.583. The fourth-order valence-electron chi connectivity index (χ4n) is 1.48. The second-order valence-corrected chi connectivity index (χ2v) is 3.70. The summed E-state index contributed by atoms with van der Waals surface area (Å²) < 4.78 is 5.15. The van der Waals surface area contributed by atoms with E-state index in [1.807, 2.05) is 6.07 Å². The third-order valence-electron chi connectivity index (χ3n) is 2.41. The van der Waals surface area contributed by atoms with Crippen LogP contribution in [0.3, 0.4) is 0 Å². The van der Waals surface area contributed by atoms with E-state index >= 15 is 0 Å². The van der Waals surface area contributed by atoms with Crippen molar-refractivity contribution >= 4 is 6.08 Å². The lowest BCUT2D eigenvalue weighted by atomic mass is 10.1.